The number of imidazole rings is 1. The zero-order valence-electron chi connectivity index (χ0n) is 13.6. The first-order valence-electron chi connectivity index (χ1n) is 7.73. The monoisotopic (exact) mass is 371 g/mol. The molecule has 0 atom stereocenters. The molecule has 0 aliphatic carbocycles. The van der Waals surface area contributed by atoms with E-state index in [1.807, 2.05) is 22.8 Å². The van der Waals surface area contributed by atoms with Gasteiger partial charge in [-0.05, 0) is 41.5 Å². The number of hydrogen-bond acceptors (Lipinski definition) is 3. The van der Waals surface area contributed by atoms with E-state index in [9.17, 15) is 14.3 Å². The molecule has 7 heteroatoms. The lowest BCUT2D eigenvalue weighted by atomic mass is 10.2. The third-order valence-corrected chi connectivity index (χ3v) is 3.77. The van der Waals surface area contributed by atoms with E-state index in [0.717, 1.165) is 11.6 Å². The maximum atomic E-state index is 13.0. The second-order valence-corrected chi connectivity index (χ2v) is 6.03. The molecule has 0 fully saturated rings. The molecule has 1 amide bonds. The Kier molecular flexibility index (Phi) is 5.34. The summed E-state index contributed by atoms with van der Waals surface area (Å²) in [4.78, 5) is 16.1. The van der Waals surface area contributed by atoms with Gasteiger partial charge in [0, 0.05) is 23.8 Å². The highest BCUT2D eigenvalue weighted by molar-refractivity contribution is 6.30. The Balaban J connectivity index is 1.60. The SMILES string of the molecule is O=C(/C=C/c1ccc(F)c(O)c1)Nc1cn(Cc2cccc(Cl)c2)cn1. The molecular weight excluding hydrogens is 357 g/mol. The molecule has 5 nitrogen and oxygen atoms in total. The topological polar surface area (TPSA) is 67.2 Å². The smallest absolute Gasteiger partial charge is 0.249 e. The van der Waals surface area contributed by atoms with Crippen LogP contribution in [0.25, 0.3) is 6.08 Å². The van der Waals surface area contributed by atoms with E-state index in [0.29, 0.717) is 22.9 Å². The lowest BCUT2D eigenvalue weighted by Crippen LogP contribution is -2.08. The van der Waals surface area contributed by atoms with Gasteiger partial charge in [0.2, 0.25) is 5.91 Å². The standard InChI is InChI=1S/C19H15ClFN3O2/c20-15-3-1-2-14(8-15)10-24-11-18(22-12-24)23-19(26)7-5-13-4-6-16(21)17(25)9-13/h1-9,11-12,25H,10H2,(H,23,26)/b7-5+. The second kappa shape index (κ2) is 7.84. The van der Waals surface area contributed by atoms with Crippen LogP contribution in [0.2, 0.25) is 5.02 Å². The maximum Gasteiger partial charge on any atom is 0.249 e. The van der Waals surface area contributed by atoms with Crippen LogP contribution in [0.3, 0.4) is 0 Å². The molecule has 3 rings (SSSR count). The second-order valence-electron chi connectivity index (χ2n) is 5.59. The van der Waals surface area contributed by atoms with Crippen LogP contribution in [0.15, 0.2) is 61.1 Å². The third-order valence-electron chi connectivity index (χ3n) is 3.54. The van der Waals surface area contributed by atoms with Crippen LogP contribution in [-0.4, -0.2) is 20.6 Å². The van der Waals surface area contributed by atoms with Gasteiger partial charge in [0.15, 0.2) is 17.4 Å². The maximum absolute atomic E-state index is 13.0. The summed E-state index contributed by atoms with van der Waals surface area (Å²) in [5.41, 5.74) is 1.52. The summed E-state index contributed by atoms with van der Waals surface area (Å²) in [7, 11) is 0. The molecule has 3 aromatic rings. The van der Waals surface area contributed by atoms with Crippen molar-refractivity contribution < 1.29 is 14.3 Å². The number of amides is 1. The fourth-order valence-electron chi connectivity index (χ4n) is 2.33. The normalized spacial score (nSPS) is 11.0. The summed E-state index contributed by atoms with van der Waals surface area (Å²) in [6.07, 6.45) is 6.06. The number of benzene rings is 2. The molecule has 2 N–H and O–H groups in total. The number of aromatic nitrogens is 2. The van der Waals surface area contributed by atoms with Crippen LogP contribution in [0.5, 0.6) is 5.75 Å². The van der Waals surface area contributed by atoms with Crippen molar-refractivity contribution in [3.63, 3.8) is 0 Å². The number of carbonyl (C=O) groups excluding carboxylic acids is 1. The average Bonchev–Trinajstić information content (AvgIpc) is 3.03. The average molecular weight is 372 g/mol. The van der Waals surface area contributed by atoms with E-state index in [1.54, 1.807) is 18.6 Å². The quantitative estimate of drug-likeness (QED) is 0.664. The third kappa shape index (κ3) is 4.70. The number of phenolic OH excluding ortho intramolecular Hbond substituents is 1. The Morgan fingerprint density at radius 1 is 1.31 bits per heavy atom. The lowest BCUT2D eigenvalue weighted by molar-refractivity contribution is -0.111. The molecule has 0 aliphatic heterocycles. The first kappa shape index (κ1) is 17.7. The Hall–Kier alpha value is -3.12. The van der Waals surface area contributed by atoms with Crippen molar-refractivity contribution >= 4 is 29.4 Å². The first-order valence-corrected chi connectivity index (χ1v) is 8.11. The minimum atomic E-state index is -0.711. The summed E-state index contributed by atoms with van der Waals surface area (Å²) in [5, 5.41) is 12.6. The molecule has 0 aliphatic rings. The van der Waals surface area contributed by atoms with Crippen molar-refractivity contribution in [2.75, 3.05) is 5.32 Å². The van der Waals surface area contributed by atoms with Crippen LogP contribution in [0.1, 0.15) is 11.1 Å². The summed E-state index contributed by atoms with van der Waals surface area (Å²) in [6, 6.07) is 11.3. The number of aromatic hydroxyl groups is 1. The molecule has 0 bridgehead atoms. The van der Waals surface area contributed by atoms with E-state index in [1.165, 1.54) is 24.3 Å². The van der Waals surface area contributed by atoms with Gasteiger partial charge in [0.25, 0.3) is 0 Å². The highest BCUT2D eigenvalue weighted by atomic mass is 35.5. The largest absolute Gasteiger partial charge is 0.505 e. The predicted octanol–water partition coefficient (Wildman–Crippen LogP) is 4.08. The van der Waals surface area contributed by atoms with Crippen LogP contribution < -0.4 is 5.32 Å². The molecule has 0 spiro atoms. The van der Waals surface area contributed by atoms with Crippen molar-refractivity contribution in [1.82, 2.24) is 9.55 Å². The van der Waals surface area contributed by atoms with Crippen LogP contribution >= 0.6 is 11.6 Å². The molecular formula is C19H15ClFN3O2. The minimum absolute atomic E-state index is 0.387. The number of halogens is 2. The molecule has 2 aromatic carbocycles. The van der Waals surface area contributed by atoms with E-state index in [2.05, 4.69) is 10.3 Å². The van der Waals surface area contributed by atoms with E-state index in [-0.39, 0.29) is 5.91 Å². The van der Waals surface area contributed by atoms with Crippen LogP contribution in [0.4, 0.5) is 10.2 Å². The van der Waals surface area contributed by atoms with E-state index in [4.69, 9.17) is 11.6 Å². The summed E-state index contributed by atoms with van der Waals surface area (Å²) in [5.74, 6) is -1.16. The van der Waals surface area contributed by atoms with Crippen molar-refractivity contribution in [3.8, 4) is 5.75 Å². The predicted molar refractivity (Wildman–Crippen MR) is 98.5 cm³/mol. The summed E-state index contributed by atoms with van der Waals surface area (Å²) < 4.78 is 14.8. The Morgan fingerprint density at radius 3 is 2.92 bits per heavy atom. The molecule has 0 saturated heterocycles. The molecule has 132 valence electrons. The molecule has 0 radical (unpaired) electrons. The van der Waals surface area contributed by atoms with Crippen LogP contribution in [-0.2, 0) is 11.3 Å². The van der Waals surface area contributed by atoms with Crippen molar-refractivity contribution in [2.45, 2.75) is 6.54 Å². The number of anilines is 1. The lowest BCUT2D eigenvalue weighted by Gasteiger charge is -2.02. The van der Waals surface area contributed by atoms with E-state index < -0.39 is 11.6 Å². The van der Waals surface area contributed by atoms with Gasteiger partial charge in [-0.2, -0.15) is 0 Å². The Labute approximate surface area is 154 Å². The van der Waals surface area contributed by atoms with E-state index >= 15 is 0 Å². The summed E-state index contributed by atoms with van der Waals surface area (Å²) in [6.45, 7) is 0.578. The number of rotatable bonds is 5. The molecule has 1 aromatic heterocycles. The zero-order valence-corrected chi connectivity index (χ0v) is 14.3. The fraction of sp³-hybridized carbons (Fsp3) is 0.0526. The van der Waals surface area contributed by atoms with Gasteiger partial charge in [0.1, 0.15) is 0 Å². The number of carbonyl (C=O) groups is 1. The van der Waals surface area contributed by atoms with Gasteiger partial charge >= 0.3 is 0 Å². The highest BCUT2D eigenvalue weighted by Gasteiger charge is 2.04. The summed E-state index contributed by atoms with van der Waals surface area (Å²) >= 11 is 5.96. The van der Waals surface area contributed by atoms with Gasteiger partial charge in [-0.15, -0.1) is 0 Å². The van der Waals surface area contributed by atoms with Gasteiger partial charge < -0.3 is 15.0 Å². The zero-order chi connectivity index (χ0) is 18.5. The van der Waals surface area contributed by atoms with Gasteiger partial charge in [-0.3, -0.25) is 4.79 Å². The van der Waals surface area contributed by atoms with Crippen molar-refractivity contribution in [2.24, 2.45) is 0 Å². The van der Waals surface area contributed by atoms with Crippen molar-refractivity contribution in [1.29, 1.82) is 0 Å². The molecule has 26 heavy (non-hydrogen) atoms. The van der Waals surface area contributed by atoms with Gasteiger partial charge in [0.05, 0.1) is 6.33 Å². The van der Waals surface area contributed by atoms with Crippen LogP contribution in [0, 0.1) is 5.82 Å². The minimum Gasteiger partial charge on any atom is -0.505 e. The van der Waals surface area contributed by atoms with Gasteiger partial charge in [-0.1, -0.05) is 29.8 Å². The Morgan fingerprint density at radius 2 is 2.15 bits per heavy atom. The van der Waals surface area contributed by atoms with Crippen molar-refractivity contribution in [3.05, 3.63) is 83.0 Å². The fourth-order valence-corrected chi connectivity index (χ4v) is 2.54. The molecule has 1 heterocycles. The highest BCUT2D eigenvalue weighted by Crippen LogP contribution is 2.17. The number of nitrogens with one attached hydrogen (secondary N) is 1. The van der Waals surface area contributed by atoms with Gasteiger partial charge in [-0.25, -0.2) is 9.37 Å². The molecule has 0 saturated carbocycles. The number of nitrogens with zero attached hydrogens (tertiary/aromatic N) is 2. The first-order chi connectivity index (χ1) is 12.5. The number of phenols is 1. The number of hydrogen-bond donors (Lipinski definition) is 2. The molecule has 0 unspecified atom stereocenters. The Bertz CT molecular complexity index is 969.